The number of likely N-dealkylation sites (tertiary alicyclic amines) is 1. The maximum absolute atomic E-state index is 4.77. The molecule has 0 bridgehead atoms. The summed E-state index contributed by atoms with van der Waals surface area (Å²) in [6.45, 7) is 14.4. The summed E-state index contributed by atoms with van der Waals surface area (Å²) >= 11 is 0. The number of guanidine groups is 1. The van der Waals surface area contributed by atoms with Crippen LogP contribution in [0.5, 0.6) is 0 Å². The highest BCUT2D eigenvalue weighted by Gasteiger charge is 2.21. The Morgan fingerprint density at radius 1 is 1.24 bits per heavy atom. The fourth-order valence-electron chi connectivity index (χ4n) is 3.74. The Labute approximate surface area is 174 Å². The molecule has 29 heavy (non-hydrogen) atoms. The highest BCUT2D eigenvalue weighted by molar-refractivity contribution is 5.80. The molecule has 0 saturated carbocycles. The first-order valence-corrected chi connectivity index (χ1v) is 10.7. The van der Waals surface area contributed by atoms with Crippen molar-refractivity contribution < 1.29 is 0 Å². The third-order valence-electron chi connectivity index (χ3n) is 5.40. The quantitative estimate of drug-likeness (QED) is 0.579. The Morgan fingerprint density at radius 2 is 2.00 bits per heavy atom. The summed E-state index contributed by atoms with van der Waals surface area (Å²) < 4.78 is 1.87. The number of aliphatic imine (C=N–C) groups is 1. The first-order valence-electron chi connectivity index (χ1n) is 10.7. The van der Waals surface area contributed by atoms with Gasteiger partial charge in [-0.3, -0.25) is 0 Å². The molecule has 3 rings (SSSR count). The van der Waals surface area contributed by atoms with Crippen molar-refractivity contribution in [3.63, 3.8) is 0 Å². The minimum Gasteiger partial charge on any atom is -0.357 e. The Kier molecular flexibility index (Phi) is 7.25. The van der Waals surface area contributed by atoms with Crippen LogP contribution in [0.2, 0.25) is 0 Å². The van der Waals surface area contributed by atoms with E-state index in [1.807, 2.05) is 30.8 Å². The minimum absolute atomic E-state index is 0.481. The Bertz CT molecular complexity index is 799. The van der Waals surface area contributed by atoms with Gasteiger partial charge >= 0.3 is 0 Å². The van der Waals surface area contributed by atoms with Crippen LogP contribution in [0, 0.1) is 13.8 Å². The number of hydrogen-bond donors (Lipinski definition) is 2. The van der Waals surface area contributed by atoms with Gasteiger partial charge in [0.05, 0.1) is 12.2 Å². The van der Waals surface area contributed by atoms with Gasteiger partial charge in [0, 0.05) is 43.6 Å². The molecular weight excluding hydrogens is 362 g/mol. The monoisotopic (exact) mass is 397 g/mol. The average Bonchev–Trinajstić information content (AvgIpc) is 3.05. The smallest absolute Gasteiger partial charge is 0.191 e. The van der Waals surface area contributed by atoms with Crippen molar-refractivity contribution in [2.45, 2.75) is 66.1 Å². The van der Waals surface area contributed by atoms with Gasteiger partial charge in [0.1, 0.15) is 0 Å². The summed E-state index contributed by atoms with van der Waals surface area (Å²) in [6, 6.07) is 7.25. The van der Waals surface area contributed by atoms with Crippen molar-refractivity contribution >= 4 is 5.96 Å². The Morgan fingerprint density at radius 3 is 2.55 bits per heavy atom. The predicted octanol–water partition coefficient (Wildman–Crippen LogP) is 2.81. The van der Waals surface area contributed by atoms with Crippen LogP contribution in [-0.4, -0.2) is 57.3 Å². The molecule has 2 aromatic heterocycles. The zero-order chi connectivity index (χ0) is 20.8. The number of nitrogens with one attached hydrogen (secondary N) is 2. The van der Waals surface area contributed by atoms with E-state index in [0.717, 1.165) is 61.2 Å². The third kappa shape index (κ3) is 5.79. The van der Waals surface area contributed by atoms with Crippen LogP contribution in [0.25, 0.3) is 5.82 Å². The van der Waals surface area contributed by atoms with E-state index in [2.05, 4.69) is 58.5 Å². The lowest BCUT2D eigenvalue weighted by Gasteiger charge is -2.35. The van der Waals surface area contributed by atoms with E-state index in [9.17, 15) is 0 Å². The van der Waals surface area contributed by atoms with Gasteiger partial charge in [-0.15, -0.1) is 0 Å². The summed E-state index contributed by atoms with van der Waals surface area (Å²) in [5.74, 6) is 1.73. The summed E-state index contributed by atoms with van der Waals surface area (Å²) in [7, 11) is 0. The van der Waals surface area contributed by atoms with Gasteiger partial charge in [0.2, 0.25) is 0 Å². The molecular formula is C22H35N7. The molecule has 0 aromatic carbocycles. The maximum Gasteiger partial charge on any atom is 0.191 e. The topological polar surface area (TPSA) is 70.4 Å². The van der Waals surface area contributed by atoms with E-state index in [-0.39, 0.29) is 0 Å². The number of hydrogen-bond acceptors (Lipinski definition) is 4. The molecule has 0 spiro atoms. The second-order valence-electron chi connectivity index (χ2n) is 8.11. The van der Waals surface area contributed by atoms with Crippen LogP contribution in [-0.2, 0) is 6.54 Å². The maximum atomic E-state index is 4.77. The summed E-state index contributed by atoms with van der Waals surface area (Å²) in [5.41, 5.74) is 3.17. The lowest BCUT2D eigenvalue weighted by atomic mass is 10.0. The predicted molar refractivity (Wildman–Crippen MR) is 119 cm³/mol. The average molecular weight is 398 g/mol. The van der Waals surface area contributed by atoms with Crippen LogP contribution in [0.1, 0.15) is 50.6 Å². The van der Waals surface area contributed by atoms with E-state index in [0.29, 0.717) is 18.6 Å². The summed E-state index contributed by atoms with van der Waals surface area (Å²) in [6.07, 6.45) is 4.20. The zero-order valence-electron chi connectivity index (χ0n) is 18.4. The number of pyridine rings is 1. The minimum atomic E-state index is 0.481. The first kappa shape index (κ1) is 21.3. The van der Waals surface area contributed by atoms with Crippen molar-refractivity contribution in [1.29, 1.82) is 0 Å². The number of aromatic nitrogens is 3. The van der Waals surface area contributed by atoms with E-state index in [4.69, 9.17) is 4.99 Å². The summed E-state index contributed by atoms with van der Waals surface area (Å²) in [5, 5.41) is 11.5. The Balaban J connectivity index is 1.59. The van der Waals surface area contributed by atoms with Crippen LogP contribution < -0.4 is 10.6 Å². The number of piperidine rings is 1. The standard InChI is InChI=1S/C22H35N7/c1-6-23-22(26-20-9-11-28(12-10-20)16(2)3)25-15-19-7-8-21(24-14-19)29-18(5)13-17(4)27-29/h7-8,13-14,16,20H,6,9-12,15H2,1-5H3,(H2,23,25,26). The van der Waals surface area contributed by atoms with Gasteiger partial charge in [-0.2, -0.15) is 5.10 Å². The van der Waals surface area contributed by atoms with E-state index < -0.39 is 0 Å². The largest absolute Gasteiger partial charge is 0.357 e. The molecule has 0 atom stereocenters. The van der Waals surface area contributed by atoms with Crippen LogP contribution in [0.15, 0.2) is 29.4 Å². The second-order valence-corrected chi connectivity index (χ2v) is 8.11. The van der Waals surface area contributed by atoms with E-state index in [1.54, 1.807) is 0 Å². The SMILES string of the molecule is CCNC(=NCc1ccc(-n2nc(C)cc2C)nc1)NC1CCN(C(C)C)CC1. The molecule has 1 saturated heterocycles. The highest BCUT2D eigenvalue weighted by atomic mass is 15.3. The first-order chi connectivity index (χ1) is 14.0. The molecule has 0 radical (unpaired) electrons. The molecule has 7 heteroatoms. The van der Waals surface area contributed by atoms with Crippen molar-refractivity contribution in [2.75, 3.05) is 19.6 Å². The molecule has 158 valence electrons. The van der Waals surface area contributed by atoms with Crippen molar-refractivity contribution in [3.8, 4) is 5.82 Å². The third-order valence-corrected chi connectivity index (χ3v) is 5.40. The molecule has 0 unspecified atom stereocenters. The van der Waals surface area contributed by atoms with E-state index >= 15 is 0 Å². The summed E-state index contributed by atoms with van der Waals surface area (Å²) in [4.78, 5) is 11.9. The van der Waals surface area contributed by atoms with Crippen LogP contribution >= 0.6 is 0 Å². The van der Waals surface area contributed by atoms with Gasteiger partial charge in [-0.25, -0.2) is 14.7 Å². The molecule has 3 heterocycles. The van der Waals surface area contributed by atoms with Gasteiger partial charge in [-0.1, -0.05) is 6.07 Å². The Hall–Kier alpha value is -2.41. The molecule has 7 nitrogen and oxygen atoms in total. The van der Waals surface area contributed by atoms with Gasteiger partial charge in [0.15, 0.2) is 11.8 Å². The van der Waals surface area contributed by atoms with Gasteiger partial charge < -0.3 is 15.5 Å². The van der Waals surface area contributed by atoms with Gasteiger partial charge in [-0.05, 0) is 65.2 Å². The van der Waals surface area contributed by atoms with Crippen molar-refractivity contribution in [3.05, 3.63) is 41.3 Å². The van der Waals surface area contributed by atoms with E-state index in [1.165, 1.54) is 0 Å². The van der Waals surface area contributed by atoms with Crippen molar-refractivity contribution in [2.24, 2.45) is 4.99 Å². The fraction of sp³-hybridized carbons (Fsp3) is 0.591. The van der Waals surface area contributed by atoms with Gasteiger partial charge in [0.25, 0.3) is 0 Å². The molecule has 1 aliphatic rings. The molecule has 0 aliphatic carbocycles. The number of aryl methyl sites for hydroxylation is 2. The van der Waals surface area contributed by atoms with Crippen LogP contribution in [0.4, 0.5) is 0 Å². The molecule has 0 amide bonds. The molecule has 1 aliphatic heterocycles. The fourth-order valence-corrected chi connectivity index (χ4v) is 3.74. The molecule has 2 aromatic rings. The highest BCUT2D eigenvalue weighted by Crippen LogP contribution is 2.13. The molecule has 1 fully saturated rings. The lowest BCUT2D eigenvalue weighted by molar-refractivity contribution is 0.167. The lowest BCUT2D eigenvalue weighted by Crippen LogP contribution is -2.49. The molecule has 2 N–H and O–H groups in total. The zero-order valence-corrected chi connectivity index (χ0v) is 18.4. The number of rotatable bonds is 6. The van der Waals surface area contributed by atoms with Crippen molar-refractivity contribution in [1.82, 2.24) is 30.3 Å². The normalized spacial score (nSPS) is 16.4. The van der Waals surface area contributed by atoms with Crippen LogP contribution in [0.3, 0.4) is 0 Å². The second kappa shape index (κ2) is 9.87. The number of nitrogens with zero attached hydrogens (tertiary/aromatic N) is 5.